The van der Waals surface area contributed by atoms with Crippen LogP contribution in [0.25, 0.3) is 5.57 Å². The summed E-state index contributed by atoms with van der Waals surface area (Å²) < 4.78 is 0. The van der Waals surface area contributed by atoms with Crippen LogP contribution in [-0.4, -0.2) is 22.4 Å². The van der Waals surface area contributed by atoms with Crippen molar-refractivity contribution in [2.24, 2.45) is 0 Å². The number of allylic oxidation sites excluding steroid dienone is 2. The first-order chi connectivity index (χ1) is 7.61. The van der Waals surface area contributed by atoms with E-state index in [4.69, 9.17) is 23.2 Å². The molecule has 2 rings (SSSR count). The molecule has 0 aromatic heterocycles. The molecule has 0 saturated carbocycles. The number of rotatable bonds is 1. The summed E-state index contributed by atoms with van der Waals surface area (Å²) in [6.45, 7) is 0. The molecule has 16 heavy (non-hydrogen) atoms. The molecule has 4 heteroatoms. The van der Waals surface area contributed by atoms with Crippen LogP contribution < -0.4 is 0 Å². The quantitative estimate of drug-likeness (QED) is 0.812. The van der Waals surface area contributed by atoms with Crippen molar-refractivity contribution in [3.05, 3.63) is 52.0 Å². The van der Waals surface area contributed by atoms with Gasteiger partial charge in [-0.1, -0.05) is 47.5 Å². The molecular weight excluding hydrogens is 247 g/mol. The number of benzene rings is 1. The molecule has 1 aromatic carbocycles. The van der Waals surface area contributed by atoms with Gasteiger partial charge in [0.15, 0.2) is 0 Å². The van der Waals surface area contributed by atoms with Gasteiger partial charge in [-0.2, -0.15) is 0 Å². The molecule has 1 aliphatic rings. The number of hydrogen-bond acceptors (Lipinski definition) is 2. The van der Waals surface area contributed by atoms with Crippen molar-refractivity contribution in [3.63, 3.8) is 0 Å². The molecule has 84 valence electrons. The van der Waals surface area contributed by atoms with Crippen LogP contribution in [0.5, 0.6) is 0 Å². The van der Waals surface area contributed by atoms with E-state index in [0.717, 1.165) is 0 Å². The molecule has 2 atom stereocenters. The Kier molecular flexibility index (Phi) is 3.36. The predicted molar refractivity (Wildman–Crippen MR) is 65.6 cm³/mol. The second-order valence-corrected chi connectivity index (χ2v) is 4.35. The minimum absolute atomic E-state index is 0.459. The van der Waals surface area contributed by atoms with E-state index < -0.39 is 12.2 Å². The van der Waals surface area contributed by atoms with Crippen LogP contribution in [0.3, 0.4) is 0 Å². The van der Waals surface area contributed by atoms with Crippen LogP contribution >= 0.6 is 23.2 Å². The molecule has 0 radical (unpaired) electrons. The molecule has 0 bridgehead atoms. The number of aliphatic hydroxyl groups is 2. The number of aliphatic hydroxyl groups excluding tert-OH is 2. The van der Waals surface area contributed by atoms with E-state index in [-0.39, 0.29) is 0 Å². The van der Waals surface area contributed by atoms with Crippen LogP contribution in [0.15, 0.2) is 36.4 Å². The fourth-order valence-corrected chi connectivity index (χ4v) is 2.28. The van der Waals surface area contributed by atoms with Gasteiger partial charge in [-0.25, -0.2) is 0 Å². The summed E-state index contributed by atoms with van der Waals surface area (Å²) >= 11 is 12.1. The van der Waals surface area contributed by atoms with Gasteiger partial charge in [0, 0.05) is 15.6 Å². The van der Waals surface area contributed by atoms with Crippen LogP contribution in [0.4, 0.5) is 0 Å². The summed E-state index contributed by atoms with van der Waals surface area (Å²) in [5, 5.41) is 20.3. The maximum absolute atomic E-state index is 9.85. The van der Waals surface area contributed by atoms with Gasteiger partial charge in [0.2, 0.25) is 0 Å². The maximum Gasteiger partial charge on any atom is 0.109 e. The van der Waals surface area contributed by atoms with E-state index in [1.807, 2.05) is 0 Å². The minimum atomic E-state index is -0.998. The molecule has 2 N–H and O–H groups in total. The van der Waals surface area contributed by atoms with Crippen LogP contribution in [-0.2, 0) is 0 Å². The zero-order chi connectivity index (χ0) is 11.7. The molecule has 0 spiro atoms. The fraction of sp³-hybridized carbons (Fsp3) is 0.167. The average molecular weight is 257 g/mol. The van der Waals surface area contributed by atoms with Crippen LogP contribution in [0.2, 0.25) is 10.0 Å². The van der Waals surface area contributed by atoms with Crippen molar-refractivity contribution < 1.29 is 10.2 Å². The second kappa shape index (κ2) is 4.60. The molecular formula is C12H10Cl2O2. The third-order valence-electron chi connectivity index (χ3n) is 2.48. The van der Waals surface area contributed by atoms with Gasteiger partial charge < -0.3 is 10.2 Å². The van der Waals surface area contributed by atoms with Gasteiger partial charge in [-0.3, -0.25) is 0 Å². The summed E-state index contributed by atoms with van der Waals surface area (Å²) in [6, 6.07) is 5.12. The minimum Gasteiger partial charge on any atom is -0.386 e. The smallest absolute Gasteiger partial charge is 0.109 e. The lowest BCUT2D eigenvalue weighted by molar-refractivity contribution is 0.0859. The van der Waals surface area contributed by atoms with Crippen LogP contribution in [0.1, 0.15) is 5.56 Å². The summed E-state index contributed by atoms with van der Waals surface area (Å²) in [6.07, 6.45) is 2.96. The lowest BCUT2D eigenvalue weighted by atomic mass is 9.93. The molecule has 0 saturated heterocycles. The first-order valence-electron chi connectivity index (χ1n) is 4.80. The Balaban J connectivity index is 2.52. The van der Waals surface area contributed by atoms with Crippen molar-refractivity contribution in [1.82, 2.24) is 0 Å². The molecule has 0 aliphatic heterocycles. The Morgan fingerprint density at radius 3 is 2.31 bits per heavy atom. The molecule has 0 fully saturated rings. The van der Waals surface area contributed by atoms with Gasteiger partial charge in [-0.05, 0) is 17.7 Å². The zero-order valence-corrected chi connectivity index (χ0v) is 9.78. The van der Waals surface area contributed by atoms with Gasteiger partial charge in [0.1, 0.15) is 12.2 Å². The highest BCUT2D eigenvalue weighted by Crippen LogP contribution is 2.35. The van der Waals surface area contributed by atoms with E-state index in [9.17, 15) is 10.2 Å². The molecule has 2 nitrogen and oxygen atoms in total. The predicted octanol–water partition coefficient (Wildman–Crippen LogP) is 2.67. The third kappa shape index (κ3) is 2.02. The Hall–Kier alpha value is -0.800. The van der Waals surface area contributed by atoms with Gasteiger partial charge in [0.25, 0.3) is 0 Å². The highest BCUT2D eigenvalue weighted by molar-refractivity contribution is 6.37. The Morgan fingerprint density at radius 2 is 1.69 bits per heavy atom. The maximum atomic E-state index is 9.85. The normalized spacial score (nSPS) is 24.4. The highest BCUT2D eigenvalue weighted by Gasteiger charge is 2.24. The van der Waals surface area contributed by atoms with E-state index in [0.29, 0.717) is 21.2 Å². The topological polar surface area (TPSA) is 40.5 Å². The van der Waals surface area contributed by atoms with E-state index in [2.05, 4.69) is 0 Å². The van der Waals surface area contributed by atoms with Gasteiger partial charge in [-0.15, -0.1) is 0 Å². The summed E-state index contributed by atoms with van der Waals surface area (Å²) in [4.78, 5) is 0. The second-order valence-electron chi connectivity index (χ2n) is 3.54. The fourth-order valence-electron chi connectivity index (χ4n) is 1.67. The van der Waals surface area contributed by atoms with E-state index >= 15 is 0 Å². The molecule has 0 amide bonds. The van der Waals surface area contributed by atoms with Crippen molar-refractivity contribution in [2.75, 3.05) is 0 Å². The van der Waals surface area contributed by atoms with Crippen LogP contribution in [0, 0.1) is 0 Å². The molecule has 1 aliphatic carbocycles. The number of hydrogen-bond donors (Lipinski definition) is 2. The standard InChI is InChI=1S/C12H10Cl2O2/c13-8-4-2-5-9(14)11(8)7-3-1-6-10(15)12(7)16/h1-6,10,12,15-16H. The largest absolute Gasteiger partial charge is 0.386 e. The molecule has 1 aromatic rings. The van der Waals surface area contributed by atoms with E-state index in [1.54, 1.807) is 30.4 Å². The zero-order valence-electron chi connectivity index (χ0n) is 8.27. The summed E-state index contributed by atoms with van der Waals surface area (Å²) in [7, 11) is 0. The average Bonchev–Trinajstić information content (AvgIpc) is 2.24. The first-order valence-corrected chi connectivity index (χ1v) is 5.55. The lowest BCUT2D eigenvalue weighted by Gasteiger charge is -2.22. The lowest BCUT2D eigenvalue weighted by Crippen LogP contribution is -2.27. The third-order valence-corrected chi connectivity index (χ3v) is 3.11. The van der Waals surface area contributed by atoms with Crippen molar-refractivity contribution >= 4 is 28.8 Å². The van der Waals surface area contributed by atoms with Crippen molar-refractivity contribution in [3.8, 4) is 0 Å². The highest BCUT2D eigenvalue weighted by atomic mass is 35.5. The first kappa shape index (κ1) is 11.7. The van der Waals surface area contributed by atoms with Gasteiger partial charge in [0.05, 0.1) is 0 Å². The summed E-state index contributed by atoms with van der Waals surface area (Å²) in [5.41, 5.74) is 1.10. The molecule has 2 unspecified atom stereocenters. The summed E-state index contributed by atoms with van der Waals surface area (Å²) in [5.74, 6) is 0. The number of halogens is 2. The SMILES string of the molecule is OC1C=CC=C(c2c(Cl)cccc2Cl)C1O. The monoisotopic (exact) mass is 256 g/mol. The van der Waals surface area contributed by atoms with Gasteiger partial charge >= 0.3 is 0 Å². The Bertz CT molecular complexity index is 446. The Morgan fingerprint density at radius 1 is 1.06 bits per heavy atom. The van der Waals surface area contributed by atoms with Crippen molar-refractivity contribution in [2.45, 2.75) is 12.2 Å². The van der Waals surface area contributed by atoms with E-state index in [1.165, 1.54) is 6.08 Å². The Labute approximate surface area is 103 Å². The van der Waals surface area contributed by atoms with Crippen molar-refractivity contribution in [1.29, 1.82) is 0 Å². The molecule has 0 heterocycles.